The minimum atomic E-state index is -0.0623. The van der Waals surface area contributed by atoms with Crippen LogP contribution in [0.2, 0.25) is 0 Å². The fraction of sp³-hybridized carbons (Fsp3) is 0.474. The lowest BCUT2D eigenvalue weighted by Gasteiger charge is -2.40. The van der Waals surface area contributed by atoms with Gasteiger partial charge in [-0.2, -0.15) is 0 Å². The number of hydrogen-bond donors (Lipinski definition) is 0. The van der Waals surface area contributed by atoms with Crippen molar-refractivity contribution in [3.8, 4) is 0 Å². The van der Waals surface area contributed by atoms with E-state index >= 15 is 0 Å². The van der Waals surface area contributed by atoms with E-state index in [1.54, 1.807) is 13.2 Å². The second-order valence-corrected chi connectivity index (χ2v) is 6.97. The predicted octanol–water partition coefficient (Wildman–Crippen LogP) is 3.25. The molecule has 1 saturated heterocycles. The number of hydrogen-bond acceptors (Lipinski definition) is 4. The molecule has 1 aliphatic carbocycles. The molecule has 0 N–H and O–H groups in total. The molecule has 2 heterocycles. The summed E-state index contributed by atoms with van der Waals surface area (Å²) in [5, 5.41) is 3.63. The minimum absolute atomic E-state index is 0.0623. The lowest BCUT2D eigenvalue weighted by atomic mass is 9.73. The topological polar surface area (TPSA) is 55.6 Å². The molecule has 1 spiro atoms. The third kappa shape index (κ3) is 2.35. The number of fused-ring (bicyclic) bond motifs is 2. The van der Waals surface area contributed by atoms with Crippen molar-refractivity contribution in [1.29, 1.82) is 0 Å². The van der Waals surface area contributed by atoms with Gasteiger partial charge in [-0.1, -0.05) is 28.9 Å². The molecule has 5 nitrogen and oxygen atoms in total. The highest BCUT2D eigenvalue weighted by molar-refractivity contribution is 5.91. The summed E-state index contributed by atoms with van der Waals surface area (Å²) in [4.78, 5) is 14.3. The Morgan fingerprint density at radius 2 is 2.12 bits per heavy atom. The fourth-order valence-corrected chi connectivity index (χ4v) is 4.31. The zero-order valence-electron chi connectivity index (χ0n) is 14.1. The lowest BCUT2D eigenvalue weighted by molar-refractivity contribution is 0.0530. The number of nitrogens with zero attached hydrogens (tertiary/aromatic N) is 2. The van der Waals surface area contributed by atoms with Crippen LogP contribution in [0.1, 0.15) is 52.6 Å². The van der Waals surface area contributed by atoms with E-state index < -0.39 is 0 Å². The van der Waals surface area contributed by atoms with Gasteiger partial charge in [-0.05, 0) is 37.3 Å². The first-order valence-corrected chi connectivity index (χ1v) is 8.47. The predicted molar refractivity (Wildman–Crippen MR) is 88.9 cm³/mol. The number of rotatable bonds is 2. The van der Waals surface area contributed by atoms with Crippen LogP contribution >= 0.6 is 0 Å². The molecule has 1 aliphatic heterocycles. The smallest absolute Gasteiger partial charge is 0.292 e. The maximum Gasteiger partial charge on any atom is 0.292 e. The summed E-state index contributed by atoms with van der Waals surface area (Å²) in [7, 11) is 1.79. The molecule has 5 heteroatoms. The molecule has 1 amide bonds. The summed E-state index contributed by atoms with van der Waals surface area (Å²) in [5.41, 5.74) is 4.13. The first-order chi connectivity index (χ1) is 11.6. The molecule has 1 aromatic heterocycles. The number of piperidine rings is 1. The monoisotopic (exact) mass is 326 g/mol. The SMILES string of the molecule is CO[C@@H]1CC2(CCN(C(=O)c3ccno3)CC2)c2ccc(C)cc21. The highest BCUT2D eigenvalue weighted by Crippen LogP contribution is 2.52. The van der Waals surface area contributed by atoms with Gasteiger partial charge < -0.3 is 14.2 Å². The number of methoxy groups -OCH3 is 1. The number of benzene rings is 1. The summed E-state index contributed by atoms with van der Waals surface area (Å²) in [5.74, 6) is 0.260. The Bertz CT molecular complexity index is 746. The third-order valence-corrected chi connectivity index (χ3v) is 5.64. The number of amides is 1. The molecule has 1 fully saturated rings. The molecule has 0 unspecified atom stereocenters. The zero-order valence-corrected chi connectivity index (χ0v) is 14.1. The first kappa shape index (κ1) is 15.4. The van der Waals surface area contributed by atoms with Gasteiger partial charge >= 0.3 is 0 Å². The second-order valence-electron chi connectivity index (χ2n) is 6.97. The Hall–Kier alpha value is -2.14. The van der Waals surface area contributed by atoms with Crippen molar-refractivity contribution in [2.75, 3.05) is 20.2 Å². The minimum Gasteiger partial charge on any atom is -0.377 e. The quantitative estimate of drug-likeness (QED) is 0.850. The fourth-order valence-electron chi connectivity index (χ4n) is 4.31. The van der Waals surface area contributed by atoms with Gasteiger partial charge in [0.1, 0.15) is 0 Å². The average molecular weight is 326 g/mol. The molecule has 1 atom stereocenters. The maximum atomic E-state index is 12.4. The highest BCUT2D eigenvalue weighted by Gasteiger charge is 2.46. The molecule has 24 heavy (non-hydrogen) atoms. The van der Waals surface area contributed by atoms with E-state index in [0.717, 1.165) is 32.4 Å². The molecular formula is C19H22N2O3. The van der Waals surface area contributed by atoms with Gasteiger partial charge in [0, 0.05) is 31.7 Å². The molecule has 2 aliphatic rings. The van der Waals surface area contributed by atoms with E-state index in [9.17, 15) is 4.79 Å². The normalized spacial score (nSPS) is 21.9. The zero-order chi connectivity index (χ0) is 16.7. The van der Waals surface area contributed by atoms with Crippen molar-refractivity contribution in [2.45, 2.75) is 37.7 Å². The Labute approximate surface area is 141 Å². The summed E-state index contributed by atoms with van der Waals surface area (Å²) < 4.78 is 10.8. The van der Waals surface area contributed by atoms with Crippen LogP contribution in [-0.4, -0.2) is 36.2 Å². The number of aromatic nitrogens is 1. The van der Waals surface area contributed by atoms with Gasteiger partial charge in [0.05, 0.1) is 12.3 Å². The molecule has 1 aromatic carbocycles. The largest absolute Gasteiger partial charge is 0.377 e. The molecule has 0 radical (unpaired) electrons. The third-order valence-electron chi connectivity index (χ3n) is 5.64. The summed E-state index contributed by atoms with van der Waals surface area (Å²) in [6.45, 7) is 3.60. The first-order valence-electron chi connectivity index (χ1n) is 8.47. The Kier molecular flexibility index (Phi) is 3.68. The number of aryl methyl sites for hydroxylation is 1. The standard InChI is InChI=1S/C19H22N2O3/c1-13-3-4-15-14(11-13)17(23-2)12-19(15)6-9-21(10-7-19)18(22)16-5-8-20-24-16/h3-5,8,11,17H,6-7,9-10,12H2,1-2H3/t17-/m1/s1. The van der Waals surface area contributed by atoms with E-state index in [4.69, 9.17) is 9.26 Å². The Morgan fingerprint density at radius 3 is 2.79 bits per heavy atom. The highest BCUT2D eigenvalue weighted by atomic mass is 16.5. The van der Waals surface area contributed by atoms with Crippen LogP contribution in [0.5, 0.6) is 0 Å². The second kappa shape index (κ2) is 5.74. The van der Waals surface area contributed by atoms with E-state index in [2.05, 4.69) is 30.3 Å². The van der Waals surface area contributed by atoms with Gasteiger partial charge in [0.2, 0.25) is 5.76 Å². The van der Waals surface area contributed by atoms with Crippen LogP contribution in [-0.2, 0) is 10.2 Å². The lowest BCUT2D eigenvalue weighted by Crippen LogP contribution is -2.44. The van der Waals surface area contributed by atoms with E-state index in [0.29, 0.717) is 5.76 Å². The number of likely N-dealkylation sites (tertiary alicyclic amines) is 1. The number of carbonyl (C=O) groups excluding carboxylic acids is 1. The van der Waals surface area contributed by atoms with Crippen LogP contribution in [0, 0.1) is 6.92 Å². The number of ether oxygens (including phenoxy) is 1. The van der Waals surface area contributed by atoms with Crippen molar-refractivity contribution in [1.82, 2.24) is 10.1 Å². The Balaban J connectivity index is 1.56. The van der Waals surface area contributed by atoms with Crippen LogP contribution in [0.15, 0.2) is 35.0 Å². The molecular weight excluding hydrogens is 304 g/mol. The van der Waals surface area contributed by atoms with E-state index in [1.165, 1.54) is 22.9 Å². The van der Waals surface area contributed by atoms with Crippen LogP contribution in [0.3, 0.4) is 0 Å². The number of carbonyl (C=O) groups is 1. The molecule has 0 saturated carbocycles. The van der Waals surface area contributed by atoms with Crippen LogP contribution in [0.4, 0.5) is 0 Å². The van der Waals surface area contributed by atoms with Crippen molar-refractivity contribution in [3.63, 3.8) is 0 Å². The van der Waals surface area contributed by atoms with Gasteiger partial charge in [-0.3, -0.25) is 4.79 Å². The maximum absolute atomic E-state index is 12.4. The van der Waals surface area contributed by atoms with E-state index in [-0.39, 0.29) is 17.4 Å². The van der Waals surface area contributed by atoms with Gasteiger partial charge in [0.25, 0.3) is 5.91 Å². The summed E-state index contributed by atoms with van der Waals surface area (Å²) >= 11 is 0. The molecule has 2 aromatic rings. The summed E-state index contributed by atoms with van der Waals surface area (Å²) in [6.07, 6.45) is 4.60. The van der Waals surface area contributed by atoms with Crippen LogP contribution < -0.4 is 0 Å². The van der Waals surface area contributed by atoms with Crippen molar-refractivity contribution in [3.05, 3.63) is 52.9 Å². The van der Waals surface area contributed by atoms with Crippen LogP contribution in [0.25, 0.3) is 0 Å². The Morgan fingerprint density at radius 1 is 1.33 bits per heavy atom. The van der Waals surface area contributed by atoms with Crippen molar-refractivity contribution in [2.24, 2.45) is 0 Å². The summed E-state index contributed by atoms with van der Waals surface area (Å²) in [6, 6.07) is 8.33. The molecule has 0 bridgehead atoms. The van der Waals surface area contributed by atoms with Crippen molar-refractivity contribution >= 4 is 5.91 Å². The van der Waals surface area contributed by atoms with Crippen molar-refractivity contribution < 1.29 is 14.1 Å². The van der Waals surface area contributed by atoms with Gasteiger partial charge in [-0.25, -0.2) is 0 Å². The average Bonchev–Trinajstić information content (AvgIpc) is 3.22. The van der Waals surface area contributed by atoms with Gasteiger partial charge in [0.15, 0.2) is 0 Å². The van der Waals surface area contributed by atoms with E-state index in [1.807, 2.05) is 4.90 Å². The molecule has 126 valence electrons. The van der Waals surface area contributed by atoms with Gasteiger partial charge in [-0.15, -0.1) is 0 Å². The molecule has 4 rings (SSSR count).